The number of carbonyl (C=O) groups is 2. The fourth-order valence-electron chi connectivity index (χ4n) is 2.27. The molecule has 1 aromatic carbocycles. The van der Waals surface area contributed by atoms with Gasteiger partial charge in [-0.05, 0) is 31.6 Å². The molecule has 5 nitrogen and oxygen atoms in total. The van der Waals surface area contributed by atoms with Gasteiger partial charge < -0.3 is 15.5 Å². The third-order valence-corrected chi connectivity index (χ3v) is 3.98. The highest BCUT2D eigenvalue weighted by atomic mass is 16.2. The molecule has 0 spiro atoms. The van der Waals surface area contributed by atoms with Crippen LogP contribution in [0, 0.1) is 5.41 Å². The van der Waals surface area contributed by atoms with Gasteiger partial charge in [0.05, 0.1) is 12.6 Å². The van der Waals surface area contributed by atoms with Crippen molar-refractivity contribution >= 4 is 11.8 Å². The van der Waals surface area contributed by atoms with Crippen LogP contribution >= 0.6 is 0 Å². The Bertz CT molecular complexity index is 545. The number of hydrogen-bond donors (Lipinski definition) is 2. The molecular weight excluding hydrogens is 302 g/mol. The zero-order valence-corrected chi connectivity index (χ0v) is 15.8. The monoisotopic (exact) mass is 333 g/mol. The largest absolute Gasteiger partial charge is 0.353 e. The SMILES string of the molecule is CCc1ccc(C(CNC(=O)CNC(=O)C(C)(C)C)N(C)C)cc1. The van der Waals surface area contributed by atoms with Crippen LogP contribution in [0.25, 0.3) is 0 Å². The van der Waals surface area contributed by atoms with Crippen molar-refractivity contribution in [1.29, 1.82) is 0 Å². The van der Waals surface area contributed by atoms with Crippen LogP contribution in [0.4, 0.5) is 0 Å². The summed E-state index contributed by atoms with van der Waals surface area (Å²) in [6.45, 7) is 8.10. The fraction of sp³-hybridized carbons (Fsp3) is 0.579. The first kappa shape index (κ1) is 20.2. The van der Waals surface area contributed by atoms with E-state index in [9.17, 15) is 9.59 Å². The van der Waals surface area contributed by atoms with E-state index < -0.39 is 5.41 Å². The minimum Gasteiger partial charge on any atom is -0.353 e. The van der Waals surface area contributed by atoms with Crippen LogP contribution in [0.3, 0.4) is 0 Å². The summed E-state index contributed by atoms with van der Waals surface area (Å²) in [4.78, 5) is 25.9. The highest BCUT2D eigenvalue weighted by molar-refractivity contribution is 5.87. The Morgan fingerprint density at radius 1 is 1.08 bits per heavy atom. The van der Waals surface area contributed by atoms with Gasteiger partial charge in [-0.1, -0.05) is 52.0 Å². The summed E-state index contributed by atoms with van der Waals surface area (Å²) in [5.41, 5.74) is 1.97. The maximum Gasteiger partial charge on any atom is 0.239 e. The van der Waals surface area contributed by atoms with Crippen molar-refractivity contribution in [2.24, 2.45) is 5.41 Å². The van der Waals surface area contributed by atoms with Gasteiger partial charge in [0.15, 0.2) is 0 Å². The van der Waals surface area contributed by atoms with Gasteiger partial charge in [0.1, 0.15) is 0 Å². The third kappa shape index (κ3) is 6.32. The van der Waals surface area contributed by atoms with E-state index in [1.165, 1.54) is 5.56 Å². The van der Waals surface area contributed by atoms with Crippen LogP contribution in [0.1, 0.15) is 44.9 Å². The molecule has 0 aliphatic rings. The van der Waals surface area contributed by atoms with Crippen LogP contribution in [0.2, 0.25) is 0 Å². The topological polar surface area (TPSA) is 61.4 Å². The van der Waals surface area contributed by atoms with Crippen molar-refractivity contribution in [2.45, 2.75) is 40.2 Å². The van der Waals surface area contributed by atoms with Crippen LogP contribution in [0.15, 0.2) is 24.3 Å². The molecule has 1 atom stereocenters. The standard InChI is InChI=1S/C19H31N3O2/c1-7-14-8-10-15(11-9-14)16(22(5)6)12-20-17(23)13-21-18(24)19(2,3)4/h8-11,16H,7,12-13H2,1-6H3,(H,20,23)(H,21,24). The molecular formula is C19H31N3O2. The van der Waals surface area contributed by atoms with Crippen LogP contribution < -0.4 is 10.6 Å². The van der Waals surface area contributed by atoms with Crippen molar-refractivity contribution in [2.75, 3.05) is 27.2 Å². The van der Waals surface area contributed by atoms with E-state index in [-0.39, 0.29) is 24.4 Å². The Labute approximate surface area is 145 Å². The average molecular weight is 333 g/mol. The van der Waals surface area contributed by atoms with E-state index in [0.29, 0.717) is 6.54 Å². The normalized spacial score (nSPS) is 12.8. The van der Waals surface area contributed by atoms with Gasteiger partial charge in [-0.15, -0.1) is 0 Å². The van der Waals surface area contributed by atoms with Gasteiger partial charge in [-0.25, -0.2) is 0 Å². The molecule has 0 heterocycles. The zero-order valence-electron chi connectivity index (χ0n) is 15.8. The Morgan fingerprint density at radius 2 is 1.67 bits per heavy atom. The number of nitrogens with one attached hydrogen (secondary N) is 2. The van der Waals surface area contributed by atoms with Gasteiger partial charge in [-0.2, -0.15) is 0 Å². The molecule has 0 fully saturated rings. The van der Waals surface area contributed by atoms with E-state index >= 15 is 0 Å². The molecule has 1 aromatic rings. The van der Waals surface area contributed by atoms with Gasteiger partial charge in [-0.3, -0.25) is 9.59 Å². The number of amides is 2. The molecule has 1 rings (SSSR count). The number of aryl methyl sites for hydroxylation is 1. The van der Waals surface area contributed by atoms with Gasteiger partial charge in [0, 0.05) is 12.0 Å². The number of hydrogen-bond acceptors (Lipinski definition) is 3. The van der Waals surface area contributed by atoms with Crippen molar-refractivity contribution in [3.05, 3.63) is 35.4 Å². The maximum absolute atomic E-state index is 12.0. The summed E-state index contributed by atoms with van der Waals surface area (Å²) in [5, 5.41) is 5.57. The number of benzene rings is 1. The van der Waals surface area contributed by atoms with Crippen LogP contribution in [0.5, 0.6) is 0 Å². The van der Waals surface area contributed by atoms with E-state index in [1.54, 1.807) is 0 Å². The molecule has 2 N–H and O–H groups in total. The molecule has 1 unspecified atom stereocenters. The zero-order chi connectivity index (χ0) is 18.3. The number of rotatable bonds is 7. The molecule has 0 saturated carbocycles. The molecule has 5 heteroatoms. The second-order valence-corrected chi connectivity index (χ2v) is 7.31. The Hall–Kier alpha value is -1.88. The predicted molar refractivity (Wildman–Crippen MR) is 97.7 cm³/mol. The molecule has 0 bridgehead atoms. The summed E-state index contributed by atoms with van der Waals surface area (Å²) in [5.74, 6) is -0.304. The second-order valence-electron chi connectivity index (χ2n) is 7.31. The number of nitrogens with zero attached hydrogens (tertiary/aromatic N) is 1. The minimum atomic E-state index is -0.493. The Balaban J connectivity index is 2.57. The fourth-order valence-corrected chi connectivity index (χ4v) is 2.27. The average Bonchev–Trinajstić information content (AvgIpc) is 2.52. The first-order chi connectivity index (χ1) is 11.1. The first-order valence-corrected chi connectivity index (χ1v) is 8.45. The molecule has 0 radical (unpaired) electrons. The molecule has 134 valence electrons. The first-order valence-electron chi connectivity index (χ1n) is 8.45. The third-order valence-electron chi connectivity index (χ3n) is 3.98. The molecule has 0 aliphatic carbocycles. The quantitative estimate of drug-likeness (QED) is 0.803. The van der Waals surface area contributed by atoms with Crippen LogP contribution in [-0.2, 0) is 16.0 Å². The van der Waals surface area contributed by atoms with Gasteiger partial charge in [0.2, 0.25) is 11.8 Å². The summed E-state index contributed by atoms with van der Waals surface area (Å²) in [7, 11) is 3.98. The van der Waals surface area contributed by atoms with E-state index in [2.05, 4.69) is 46.7 Å². The molecule has 24 heavy (non-hydrogen) atoms. The van der Waals surface area contributed by atoms with Gasteiger partial charge >= 0.3 is 0 Å². The van der Waals surface area contributed by atoms with Crippen LogP contribution in [-0.4, -0.2) is 43.9 Å². The lowest BCUT2D eigenvalue weighted by Crippen LogP contribution is -2.43. The number of carbonyl (C=O) groups excluding carboxylic acids is 2. The molecule has 0 aromatic heterocycles. The Kier molecular flexibility index (Phi) is 7.42. The lowest BCUT2D eigenvalue weighted by atomic mass is 9.96. The summed E-state index contributed by atoms with van der Waals surface area (Å²) >= 11 is 0. The Morgan fingerprint density at radius 3 is 2.12 bits per heavy atom. The summed E-state index contributed by atoms with van der Waals surface area (Å²) in [6.07, 6.45) is 1.01. The molecule has 0 aliphatic heterocycles. The minimum absolute atomic E-state index is 0.00498. The highest BCUT2D eigenvalue weighted by Gasteiger charge is 2.21. The van der Waals surface area contributed by atoms with Crippen molar-refractivity contribution < 1.29 is 9.59 Å². The smallest absolute Gasteiger partial charge is 0.239 e. The molecule has 0 saturated heterocycles. The van der Waals surface area contributed by atoms with E-state index in [1.807, 2.05) is 34.9 Å². The summed E-state index contributed by atoms with van der Waals surface area (Å²) in [6, 6.07) is 8.56. The predicted octanol–water partition coefficient (Wildman–Crippen LogP) is 2.13. The molecule has 2 amide bonds. The van der Waals surface area contributed by atoms with Gasteiger partial charge in [0.25, 0.3) is 0 Å². The highest BCUT2D eigenvalue weighted by Crippen LogP contribution is 2.18. The lowest BCUT2D eigenvalue weighted by Gasteiger charge is -2.25. The summed E-state index contributed by atoms with van der Waals surface area (Å²) < 4.78 is 0. The van der Waals surface area contributed by atoms with Crippen molar-refractivity contribution in [3.63, 3.8) is 0 Å². The maximum atomic E-state index is 12.0. The van der Waals surface area contributed by atoms with Crippen molar-refractivity contribution in [1.82, 2.24) is 15.5 Å². The van der Waals surface area contributed by atoms with E-state index in [0.717, 1.165) is 12.0 Å². The van der Waals surface area contributed by atoms with E-state index in [4.69, 9.17) is 0 Å². The number of likely N-dealkylation sites (N-methyl/N-ethyl adjacent to an activating group) is 1. The second kappa shape index (κ2) is 8.83. The lowest BCUT2D eigenvalue weighted by molar-refractivity contribution is -0.131. The van der Waals surface area contributed by atoms with Crippen molar-refractivity contribution in [3.8, 4) is 0 Å².